The lowest BCUT2D eigenvalue weighted by atomic mass is 9.94. The maximum atomic E-state index is 12.4. The number of fused-ring (bicyclic) bond motifs is 1. The van der Waals surface area contributed by atoms with Gasteiger partial charge in [-0.1, -0.05) is 32.4 Å². The summed E-state index contributed by atoms with van der Waals surface area (Å²) in [7, 11) is 0. The molecule has 2 aromatic rings. The lowest BCUT2D eigenvalue weighted by molar-refractivity contribution is -0.139. The third kappa shape index (κ3) is 3.38. The number of pyridine rings is 1. The molecule has 1 aromatic carbocycles. The molecule has 2 rings (SSSR count). The van der Waals surface area contributed by atoms with Gasteiger partial charge in [-0.05, 0) is 37.4 Å². The van der Waals surface area contributed by atoms with E-state index in [4.69, 9.17) is 0 Å². The fourth-order valence-corrected chi connectivity index (χ4v) is 2.50. The Labute approximate surface area is 131 Å². The van der Waals surface area contributed by atoms with Crippen LogP contribution in [0.1, 0.15) is 38.8 Å². The summed E-state index contributed by atoms with van der Waals surface area (Å²) in [6.07, 6.45) is 0. The van der Waals surface area contributed by atoms with E-state index in [0.717, 1.165) is 16.5 Å². The van der Waals surface area contributed by atoms with Crippen molar-refractivity contribution in [2.75, 3.05) is 6.54 Å². The number of carbonyl (C=O) groups is 1. The van der Waals surface area contributed by atoms with Gasteiger partial charge in [-0.2, -0.15) is 0 Å². The van der Waals surface area contributed by atoms with Gasteiger partial charge in [0.25, 0.3) is 5.56 Å². The zero-order chi connectivity index (χ0) is 16.5. The summed E-state index contributed by atoms with van der Waals surface area (Å²) in [4.78, 5) is 29.3. The summed E-state index contributed by atoms with van der Waals surface area (Å²) >= 11 is 0. The van der Waals surface area contributed by atoms with Gasteiger partial charge in [0, 0.05) is 23.0 Å². The first kappa shape index (κ1) is 16.3. The Balaban J connectivity index is 2.39. The second-order valence-electron chi connectivity index (χ2n) is 6.78. The van der Waals surface area contributed by atoms with E-state index < -0.39 is 5.41 Å². The number of nitrogens with zero attached hydrogens (tertiary/aromatic N) is 1. The van der Waals surface area contributed by atoms with Gasteiger partial charge in [-0.3, -0.25) is 9.59 Å². The van der Waals surface area contributed by atoms with Crippen molar-refractivity contribution >= 4 is 16.8 Å². The fraction of sp³-hybridized carbons (Fsp3) is 0.444. The molecule has 4 nitrogen and oxygen atoms in total. The van der Waals surface area contributed by atoms with Crippen LogP contribution in [0.4, 0.5) is 0 Å². The van der Waals surface area contributed by atoms with E-state index in [1.165, 1.54) is 0 Å². The van der Waals surface area contributed by atoms with Crippen LogP contribution in [0.5, 0.6) is 0 Å². The Morgan fingerprint density at radius 2 is 1.91 bits per heavy atom. The highest BCUT2D eigenvalue weighted by atomic mass is 16.2. The molecular formula is C18H24N2O2. The second kappa shape index (κ2) is 5.95. The molecule has 118 valence electrons. The lowest BCUT2D eigenvalue weighted by Gasteiger charge is -2.28. The minimum Gasteiger partial charge on any atom is -0.338 e. The number of rotatable bonds is 3. The van der Waals surface area contributed by atoms with Crippen LogP contribution in [0.15, 0.2) is 29.1 Å². The van der Waals surface area contributed by atoms with Crippen LogP contribution in [0.2, 0.25) is 0 Å². The Morgan fingerprint density at radius 1 is 1.23 bits per heavy atom. The number of carbonyl (C=O) groups excluding carboxylic acids is 1. The van der Waals surface area contributed by atoms with Gasteiger partial charge in [-0.15, -0.1) is 0 Å². The molecule has 1 heterocycles. The maximum absolute atomic E-state index is 12.4. The van der Waals surface area contributed by atoms with Gasteiger partial charge < -0.3 is 9.88 Å². The van der Waals surface area contributed by atoms with Crippen molar-refractivity contribution in [1.82, 2.24) is 9.88 Å². The highest BCUT2D eigenvalue weighted by molar-refractivity contribution is 5.82. The number of nitrogens with one attached hydrogen (secondary N) is 1. The number of aromatic nitrogens is 1. The molecular weight excluding hydrogens is 276 g/mol. The number of amides is 1. The molecule has 0 aliphatic rings. The van der Waals surface area contributed by atoms with Crippen molar-refractivity contribution in [3.05, 3.63) is 45.7 Å². The molecule has 1 amide bonds. The molecule has 0 aliphatic heterocycles. The SMILES string of the molecule is CCN(Cc1cc2cc(C)ccc2[nH]c1=O)C(=O)C(C)(C)C. The molecule has 0 saturated carbocycles. The van der Waals surface area contributed by atoms with Gasteiger partial charge >= 0.3 is 0 Å². The average Bonchev–Trinajstić information content (AvgIpc) is 2.43. The van der Waals surface area contributed by atoms with Crippen LogP contribution in [0.25, 0.3) is 10.9 Å². The summed E-state index contributed by atoms with van der Waals surface area (Å²) in [6.45, 7) is 10.6. The van der Waals surface area contributed by atoms with Crippen molar-refractivity contribution in [3.8, 4) is 0 Å². The normalized spacial score (nSPS) is 11.7. The molecule has 4 heteroatoms. The van der Waals surface area contributed by atoms with Crippen LogP contribution in [0, 0.1) is 12.3 Å². The summed E-state index contributed by atoms with van der Waals surface area (Å²) in [6, 6.07) is 7.81. The fourth-order valence-electron chi connectivity index (χ4n) is 2.50. The van der Waals surface area contributed by atoms with Gasteiger partial charge in [0.2, 0.25) is 5.91 Å². The third-order valence-corrected chi connectivity index (χ3v) is 3.75. The van der Waals surface area contributed by atoms with Gasteiger partial charge in [0.1, 0.15) is 0 Å². The Hall–Kier alpha value is -2.10. The predicted molar refractivity (Wildman–Crippen MR) is 89.9 cm³/mol. The van der Waals surface area contributed by atoms with Crippen LogP contribution >= 0.6 is 0 Å². The molecule has 0 aliphatic carbocycles. The van der Waals surface area contributed by atoms with Crippen molar-refractivity contribution < 1.29 is 4.79 Å². The van der Waals surface area contributed by atoms with Gasteiger partial charge in [-0.25, -0.2) is 0 Å². The van der Waals surface area contributed by atoms with Crippen molar-refractivity contribution in [2.24, 2.45) is 5.41 Å². The smallest absolute Gasteiger partial charge is 0.253 e. The Kier molecular flexibility index (Phi) is 4.40. The zero-order valence-corrected chi connectivity index (χ0v) is 14.0. The maximum Gasteiger partial charge on any atom is 0.253 e. The lowest BCUT2D eigenvalue weighted by Crippen LogP contribution is -2.40. The molecule has 1 aromatic heterocycles. The Morgan fingerprint density at radius 3 is 2.50 bits per heavy atom. The minimum atomic E-state index is -0.448. The summed E-state index contributed by atoms with van der Waals surface area (Å²) in [5.74, 6) is 0.0544. The number of hydrogen-bond acceptors (Lipinski definition) is 2. The van der Waals surface area contributed by atoms with E-state index in [1.807, 2.05) is 58.9 Å². The predicted octanol–water partition coefficient (Wildman–Crippen LogP) is 3.23. The third-order valence-electron chi connectivity index (χ3n) is 3.75. The Bertz CT molecular complexity index is 754. The molecule has 0 saturated heterocycles. The number of H-pyrrole nitrogens is 1. The molecule has 1 N–H and O–H groups in total. The zero-order valence-electron chi connectivity index (χ0n) is 14.0. The van der Waals surface area contributed by atoms with E-state index in [1.54, 1.807) is 4.90 Å². The molecule has 0 atom stereocenters. The summed E-state index contributed by atoms with van der Waals surface area (Å²) < 4.78 is 0. The van der Waals surface area contributed by atoms with E-state index in [0.29, 0.717) is 18.7 Å². The van der Waals surface area contributed by atoms with Crippen molar-refractivity contribution in [1.29, 1.82) is 0 Å². The van der Waals surface area contributed by atoms with E-state index >= 15 is 0 Å². The number of hydrogen-bond donors (Lipinski definition) is 1. The second-order valence-corrected chi connectivity index (χ2v) is 6.78. The van der Waals surface area contributed by atoms with Crippen LogP contribution in [-0.2, 0) is 11.3 Å². The quantitative estimate of drug-likeness (QED) is 0.946. The first-order valence-electron chi connectivity index (χ1n) is 7.64. The molecule has 22 heavy (non-hydrogen) atoms. The van der Waals surface area contributed by atoms with E-state index in [-0.39, 0.29) is 11.5 Å². The summed E-state index contributed by atoms with van der Waals surface area (Å²) in [5, 5.41) is 0.994. The summed E-state index contributed by atoms with van der Waals surface area (Å²) in [5.41, 5.74) is 2.01. The monoisotopic (exact) mass is 300 g/mol. The number of aryl methyl sites for hydroxylation is 1. The first-order valence-corrected chi connectivity index (χ1v) is 7.64. The molecule has 0 bridgehead atoms. The van der Waals surface area contributed by atoms with Crippen molar-refractivity contribution in [3.63, 3.8) is 0 Å². The van der Waals surface area contributed by atoms with Crippen LogP contribution in [-0.4, -0.2) is 22.3 Å². The molecule has 0 fully saturated rings. The molecule has 0 radical (unpaired) electrons. The number of benzene rings is 1. The minimum absolute atomic E-state index is 0.0544. The number of aromatic amines is 1. The van der Waals surface area contributed by atoms with Crippen LogP contribution in [0.3, 0.4) is 0 Å². The van der Waals surface area contributed by atoms with Gasteiger partial charge in [0.05, 0.1) is 6.54 Å². The molecule has 0 unspecified atom stereocenters. The highest BCUT2D eigenvalue weighted by Crippen LogP contribution is 2.19. The van der Waals surface area contributed by atoms with Gasteiger partial charge in [0.15, 0.2) is 0 Å². The molecule has 0 spiro atoms. The topological polar surface area (TPSA) is 53.2 Å². The first-order chi connectivity index (χ1) is 10.2. The largest absolute Gasteiger partial charge is 0.338 e. The van der Waals surface area contributed by atoms with Crippen molar-refractivity contribution in [2.45, 2.75) is 41.2 Å². The van der Waals surface area contributed by atoms with E-state index in [9.17, 15) is 9.59 Å². The van der Waals surface area contributed by atoms with Crippen LogP contribution < -0.4 is 5.56 Å². The van der Waals surface area contributed by atoms with E-state index in [2.05, 4.69) is 4.98 Å². The average molecular weight is 300 g/mol. The standard InChI is InChI=1S/C18H24N2O2/c1-6-20(17(22)18(3,4)5)11-14-10-13-9-12(2)7-8-15(13)19-16(14)21/h7-10H,6,11H2,1-5H3,(H,19,21). The highest BCUT2D eigenvalue weighted by Gasteiger charge is 2.26.